The van der Waals surface area contributed by atoms with Gasteiger partial charge in [0.15, 0.2) is 0 Å². The Morgan fingerprint density at radius 3 is 2.18 bits per heavy atom. The summed E-state index contributed by atoms with van der Waals surface area (Å²) >= 11 is 0. The molecule has 1 unspecified atom stereocenters. The summed E-state index contributed by atoms with van der Waals surface area (Å²) in [5.74, 6) is 1.04. The minimum atomic E-state index is -0.741. The van der Waals surface area contributed by atoms with Gasteiger partial charge < -0.3 is 21.1 Å². The van der Waals surface area contributed by atoms with Gasteiger partial charge in [-0.25, -0.2) is 4.79 Å². The van der Waals surface area contributed by atoms with E-state index in [4.69, 9.17) is 10.5 Å². The van der Waals surface area contributed by atoms with E-state index < -0.39 is 12.1 Å². The maximum Gasteiger partial charge on any atom is 0.312 e. The lowest BCUT2D eigenvalue weighted by molar-refractivity contribution is -0.117. The van der Waals surface area contributed by atoms with Crippen LogP contribution in [0.3, 0.4) is 0 Å². The van der Waals surface area contributed by atoms with Gasteiger partial charge in [0.2, 0.25) is 5.91 Å². The number of amides is 3. The number of carbonyl (C=O) groups is 2. The predicted octanol–water partition coefficient (Wildman–Crippen LogP) is 2.47. The number of carbonyl (C=O) groups excluding carboxylic acids is 2. The molecule has 6 nitrogen and oxygen atoms in total. The summed E-state index contributed by atoms with van der Waals surface area (Å²) in [6.45, 7) is 1.55. The Morgan fingerprint density at radius 2 is 1.59 bits per heavy atom. The molecule has 114 valence electrons. The monoisotopic (exact) mass is 299 g/mol. The van der Waals surface area contributed by atoms with E-state index in [-0.39, 0.29) is 5.91 Å². The van der Waals surface area contributed by atoms with Crippen molar-refractivity contribution in [1.82, 2.24) is 5.32 Å². The first-order chi connectivity index (χ1) is 10.5. The van der Waals surface area contributed by atoms with Crippen LogP contribution in [0.15, 0.2) is 54.6 Å². The van der Waals surface area contributed by atoms with Crippen LogP contribution in [0.25, 0.3) is 0 Å². The predicted molar refractivity (Wildman–Crippen MR) is 83.8 cm³/mol. The molecule has 3 amide bonds. The maximum absolute atomic E-state index is 11.8. The SMILES string of the molecule is CC(NC(N)=O)C(=O)Nc1ccc(Oc2ccccc2)cc1. The van der Waals surface area contributed by atoms with Gasteiger partial charge in [-0.1, -0.05) is 18.2 Å². The fraction of sp³-hybridized carbons (Fsp3) is 0.125. The molecule has 0 radical (unpaired) electrons. The molecule has 0 aliphatic carbocycles. The molecule has 0 spiro atoms. The third kappa shape index (κ3) is 4.52. The lowest BCUT2D eigenvalue weighted by Gasteiger charge is -2.13. The minimum absolute atomic E-state index is 0.351. The number of hydrogen-bond donors (Lipinski definition) is 3. The van der Waals surface area contributed by atoms with Crippen LogP contribution in [-0.4, -0.2) is 18.0 Å². The van der Waals surface area contributed by atoms with Crippen molar-refractivity contribution in [3.8, 4) is 11.5 Å². The number of nitrogens with two attached hydrogens (primary N) is 1. The number of hydrogen-bond acceptors (Lipinski definition) is 3. The number of ether oxygens (including phenoxy) is 1. The van der Waals surface area contributed by atoms with Crippen molar-refractivity contribution in [2.75, 3.05) is 5.32 Å². The summed E-state index contributed by atoms with van der Waals surface area (Å²) in [4.78, 5) is 22.5. The van der Waals surface area contributed by atoms with Crippen molar-refractivity contribution in [3.63, 3.8) is 0 Å². The van der Waals surface area contributed by atoms with Gasteiger partial charge in [0.1, 0.15) is 17.5 Å². The third-order valence-electron chi connectivity index (χ3n) is 2.85. The number of anilines is 1. The zero-order valence-corrected chi connectivity index (χ0v) is 12.1. The largest absolute Gasteiger partial charge is 0.457 e. The average molecular weight is 299 g/mol. The topological polar surface area (TPSA) is 93.5 Å². The van der Waals surface area contributed by atoms with Crippen LogP contribution in [0.1, 0.15) is 6.92 Å². The summed E-state index contributed by atoms with van der Waals surface area (Å²) in [7, 11) is 0. The van der Waals surface area contributed by atoms with E-state index in [2.05, 4.69) is 10.6 Å². The van der Waals surface area contributed by atoms with E-state index in [1.54, 1.807) is 31.2 Å². The highest BCUT2D eigenvalue weighted by Gasteiger charge is 2.13. The fourth-order valence-electron chi connectivity index (χ4n) is 1.76. The number of rotatable bonds is 5. The molecule has 2 aromatic carbocycles. The summed E-state index contributed by atoms with van der Waals surface area (Å²) in [5.41, 5.74) is 5.57. The maximum atomic E-state index is 11.8. The second kappa shape index (κ2) is 7.12. The lowest BCUT2D eigenvalue weighted by atomic mass is 10.2. The van der Waals surface area contributed by atoms with Gasteiger partial charge >= 0.3 is 6.03 Å². The Labute approximate surface area is 128 Å². The van der Waals surface area contributed by atoms with Gasteiger partial charge in [0.25, 0.3) is 0 Å². The van der Waals surface area contributed by atoms with E-state index in [1.807, 2.05) is 30.3 Å². The Balaban J connectivity index is 1.94. The van der Waals surface area contributed by atoms with Crippen LogP contribution < -0.4 is 21.1 Å². The van der Waals surface area contributed by atoms with Crippen LogP contribution in [0.2, 0.25) is 0 Å². The second-order valence-corrected chi connectivity index (χ2v) is 4.66. The van der Waals surface area contributed by atoms with Crippen molar-refractivity contribution in [2.45, 2.75) is 13.0 Å². The van der Waals surface area contributed by atoms with Crippen molar-refractivity contribution in [2.24, 2.45) is 5.73 Å². The molecule has 0 saturated carbocycles. The van der Waals surface area contributed by atoms with Crippen LogP contribution in [-0.2, 0) is 4.79 Å². The molecule has 0 fully saturated rings. The van der Waals surface area contributed by atoms with Crippen LogP contribution >= 0.6 is 0 Å². The highest BCUT2D eigenvalue weighted by atomic mass is 16.5. The Kier molecular flexibility index (Phi) is 4.98. The van der Waals surface area contributed by atoms with Crippen LogP contribution in [0, 0.1) is 0 Å². The van der Waals surface area contributed by atoms with Gasteiger partial charge in [-0.15, -0.1) is 0 Å². The molecule has 22 heavy (non-hydrogen) atoms. The van der Waals surface area contributed by atoms with Gasteiger partial charge in [-0.2, -0.15) is 0 Å². The molecular formula is C16H17N3O3. The van der Waals surface area contributed by atoms with Crippen LogP contribution in [0.5, 0.6) is 11.5 Å². The summed E-state index contributed by atoms with van der Waals surface area (Å²) < 4.78 is 5.65. The summed E-state index contributed by atoms with van der Waals surface area (Å²) in [5, 5.41) is 4.98. The molecule has 2 rings (SSSR count). The van der Waals surface area contributed by atoms with Crippen molar-refractivity contribution < 1.29 is 14.3 Å². The Morgan fingerprint density at radius 1 is 1.00 bits per heavy atom. The van der Waals surface area contributed by atoms with E-state index in [0.717, 1.165) is 5.75 Å². The lowest BCUT2D eigenvalue weighted by Crippen LogP contribution is -2.44. The quantitative estimate of drug-likeness (QED) is 0.791. The molecule has 0 saturated heterocycles. The van der Waals surface area contributed by atoms with E-state index in [0.29, 0.717) is 11.4 Å². The molecule has 0 aromatic heterocycles. The zero-order chi connectivity index (χ0) is 15.9. The highest BCUT2D eigenvalue weighted by molar-refractivity contribution is 5.96. The second-order valence-electron chi connectivity index (χ2n) is 4.66. The van der Waals surface area contributed by atoms with Crippen LogP contribution in [0.4, 0.5) is 10.5 Å². The first-order valence-corrected chi connectivity index (χ1v) is 6.74. The molecule has 4 N–H and O–H groups in total. The van der Waals surface area contributed by atoms with E-state index in [1.165, 1.54) is 0 Å². The number of primary amides is 1. The average Bonchev–Trinajstić information content (AvgIpc) is 2.49. The number of benzene rings is 2. The normalized spacial score (nSPS) is 11.3. The molecule has 6 heteroatoms. The molecule has 0 heterocycles. The smallest absolute Gasteiger partial charge is 0.312 e. The summed E-state index contributed by atoms with van der Waals surface area (Å²) in [6.07, 6.45) is 0. The standard InChI is InChI=1S/C16H17N3O3/c1-11(18-16(17)21)15(20)19-12-7-9-14(10-8-12)22-13-5-3-2-4-6-13/h2-11H,1H3,(H,19,20)(H3,17,18,21). The number of urea groups is 1. The minimum Gasteiger partial charge on any atom is -0.457 e. The fourth-order valence-corrected chi connectivity index (χ4v) is 1.76. The third-order valence-corrected chi connectivity index (χ3v) is 2.85. The van der Waals surface area contributed by atoms with Crippen molar-refractivity contribution in [1.29, 1.82) is 0 Å². The number of para-hydroxylation sites is 1. The number of nitrogens with one attached hydrogen (secondary N) is 2. The first kappa shape index (κ1) is 15.4. The molecule has 1 atom stereocenters. The van der Waals surface area contributed by atoms with E-state index >= 15 is 0 Å². The molecule has 0 aliphatic rings. The zero-order valence-electron chi connectivity index (χ0n) is 12.1. The molecule has 0 bridgehead atoms. The van der Waals surface area contributed by atoms with Gasteiger partial charge in [0.05, 0.1) is 0 Å². The summed E-state index contributed by atoms with van der Waals surface area (Å²) in [6, 6.07) is 14.9. The van der Waals surface area contributed by atoms with Crippen molar-refractivity contribution >= 4 is 17.6 Å². The van der Waals surface area contributed by atoms with E-state index in [9.17, 15) is 9.59 Å². The van der Waals surface area contributed by atoms with Gasteiger partial charge in [0, 0.05) is 5.69 Å². The first-order valence-electron chi connectivity index (χ1n) is 6.74. The van der Waals surface area contributed by atoms with Gasteiger partial charge in [-0.3, -0.25) is 4.79 Å². The highest BCUT2D eigenvalue weighted by Crippen LogP contribution is 2.22. The van der Waals surface area contributed by atoms with Crippen molar-refractivity contribution in [3.05, 3.63) is 54.6 Å². The molecule has 0 aliphatic heterocycles. The molecule has 2 aromatic rings. The van der Waals surface area contributed by atoms with Gasteiger partial charge in [-0.05, 0) is 43.3 Å². The molecular weight excluding hydrogens is 282 g/mol. The Bertz CT molecular complexity index is 641. The Hall–Kier alpha value is -3.02.